The highest BCUT2D eigenvalue weighted by Gasteiger charge is 2.32. The van der Waals surface area contributed by atoms with Crippen LogP contribution in [0.4, 0.5) is 0 Å². The van der Waals surface area contributed by atoms with Gasteiger partial charge in [0.05, 0.1) is 0 Å². The molecule has 1 N–H and O–H groups in total. The Kier molecular flexibility index (Phi) is 3.36. The van der Waals surface area contributed by atoms with Crippen molar-refractivity contribution < 1.29 is 9.90 Å². The van der Waals surface area contributed by atoms with Crippen LogP contribution in [0.2, 0.25) is 0 Å². The summed E-state index contributed by atoms with van der Waals surface area (Å²) in [6, 6.07) is 5.58. The quantitative estimate of drug-likeness (QED) is 0.868. The Balaban J connectivity index is 2.19. The fourth-order valence-corrected chi connectivity index (χ4v) is 1.99. The van der Waals surface area contributed by atoms with E-state index >= 15 is 0 Å². The molecule has 0 spiro atoms. The van der Waals surface area contributed by atoms with Crippen molar-refractivity contribution in [3.63, 3.8) is 0 Å². The molecule has 0 atom stereocenters. The largest absolute Gasteiger partial charge is 0.508 e. The molecule has 1 aromatic carbocycles. The average Bonchev–Trinajstić information content (AvgIpc) is 3.13. The van der Waals surface area contributed by atoms with Crippen LogP contribution in [0.5, 0.6) is 5.75 Å². The van der Waals surface area contributed by atoms with E-state index in [1.807, 2.05) is 11.8 Å². The normalized spacial score (nSPS) is 14.7. The first-order valence-corrected chi connectivity index (χ1v) is 6.24. The number of phenolic OH excluding ortho intramolecular Hbond substituents is 1. The minimum atomic E-state index is 0.0460. The molecule has 0 radical (unpaired) electrons. The van der Waals surface area contributed by atoms with Crippen LogP contribution in [0.25, 0.3) is 0 Å². The van der Waals surface area contributed by atoms with Crippen molar-refractivity contribution in [3.8, 4) is 5.75 Å². The second-order valence-electron chi connectivity index (χ2n) is 4.73. The van der Waals surface area contributed by atoms with Crippen LogP contribution in [0.3, 0.4) is 0 Å². The Hall–Kier alpha value is -1.51. The summed E-state index contributed by atoms with van der Waals surface area (Å²) in [5.74, 6) is 0.243. The highest BCUT2D eigenvalue weighted by Crippen LogP contribution is 2.29. The number of benzene rings is 1. The molecular formula is C14H19NO2. The number of hydrogen-bond donors (Lipinski definition) is 1. The van der Waals surface area contributed by atoms with Gasteiger partial charge in [-0.2, -0.15) is 0 Å². The van der Waals surface area contributed by atoms with Crippen LogP contribution in [-0.2, 0) is 0 Å². The summed E-state index contributed by atoms with van der Waals surface area (Å²) in [5.41, 5.74) is 1.39. The van der Waals surface area contributed by atoms with Gasteiger partial charge in [0.25, 0.3) is 5.91 Å². The highest BCUT2D eigenvalue weighted by molar-refractivity contribution is 5.95. The summed E-state index contributed by atoms with van der Waals surface area (Å²) in [4.78, 5) is 14.2. The molecular weight excluding hydrogens is 214 g/mol. The molecule has 1 aliphatic carbocycles. The number of hydrogen-bond acceptors (Lipinski definition) is 2. The van der Waals surface area contributed by atoms with Crippen LogP contribution in [0.15, 0.2) is 18.2 Å². The van der Waals surface area contributed by atoms with Gasteiger partial charge in [0.2, 0.25) is 0 Å². The molecule has 3 nitrogen and oxygen atoms in total. The Morgan fingerprint density at radius 2 is 2.18 bits per heavy atom. The molecule has 1 saturated carbocycles. The monoisotopic (exact) mass is 233 g/mol. The predicted octanol–water partition coefficient (Wildman–Crippen LogP) is 2.72. The molecule has 0 heterocycles. The van der Waals surface area contributed by atoms with E-state index in [2.05, 4.69) is 6.92 Å². The van der Waals surface area contributed by atoms with Crippen LogP contribution >= 0.6 is 0 Å². The fraction of sp³-hybridized carbons (Fsp3) is 0.500. The van der Waals surface area contributed by atoms with Crippen molar-refractivity contribution in [2.45, 2.75) is 39.2 Å². The number of aryl methyl sites for hydroxylation is 1. The standard InChI is InChI=1S/C14H19NO2/c1-3-8-15(12-6-7-12)14(17)11-5-4-10(2)13(16)9-11/h4-5,9,12,16H,3,6-8H2,1-2H3. The zero-order valence-corrected chi connectivity index (χ0v) is 10.4. The fourth-order valence-electron chi connectivity index (χ4n) is 1.99. The van der Waals surface area contributed by atoms with E-state index < -0.39 is 0 Å². The predicted molar refractivity (Wildman–Crippen MR) is 67.2 cm³/mol. The first kappa shape index (κ1) is 12.0. The van der Waals surface area contributed by atoms with E-state index in [1.54, 1.807) is 18.2 Å². The molecule has 0 saturated heterocycles. The Morgan fingerprint density at radius 3 is 2.71 bits per heavy atom. The van der Waals surface area contributed by atoms with E-state index in [4.69, 9.17) is 0 Å². The maximum absolute atomic E-state index is 12.3. The minimum Gasteiger partial charge on any atom is -0.508 e. The number of nitrogens with zero attached hydrogens (tertiary/aromatic N) is 1. The number of carbonyl (C=O) groups excluding carboxylic acids is 1. The maximum Gasteiger partial charge on any atom is 0.254 e. The van der Waals surface area contributed by atoms with Gasteiger partial charge in [-0.1, -0.05) is 13.0 Å². The van der Waals surface area contributed by atoms with Gasteiger partial charge >= 0.3 is 0 Å². The summed E-state index contributed by atoms with van der Waals surface area (Å²) in [7, 11) is 0. The van der Waals surface area contributed by atoms with Crippen LogP contribution < -0.4 is 0 Å². The summed E-state index contributed by atoms with van der Waals surface area (Å²) in [6.07, 6.45) is 3.20. The van der Waals surface area contributed by atoms with E-state index in [-0.39, 0.29) is 11.7 Å². The summed E-state index contributed by atoms with van der Waals surface area (Å²) in [5, 5.41) is 9.64. The number of aromatic hydroxyl groups is 1. The topological polar surface area (TPSA) is 40.5 Å². The molecule has 0 bridgehead atoms. The molecule has 1 fully saturated rings. The molecule has 3 heteroatoms. The third kappa shape index (κ3) is 2.60. The van der Waals surface area contributed by atoms with Crippen molar-refractivity contribution in [2.75, 3.05) is 6.54 Å². The van der Waals surface area contributed by atoms with Crippen LogP contribution in [0, 0.1) is 6.92 Å². The second-order valence-corrected chi connectivity index (χ2v) is 4.73. The van der Waals surface area contributed by atoms with Crippen molar-refractivity contribution >= 4 is 5.91 Å². The molecule has 92 valence electrons. The van der Waals surface area contributed by atoms with Crippen molar-refractivity contribution in [2.24, 2.45) is 0 Å². The molecule has 17 heavy (non-hydrogen) atoms. The number of rotatable bonds is 4. The van der Waals surface area contributed by atoms with Crippen molar-refractivity contribution in [1.29, 1.82) is 0 Å². The molecule has 2 rings (SSSR count). The molecule has 0 aliphatic heterocycles. The van der Waals surface area contributed by atoms with Gasteiger partial charge in [0.15, 0.2) is 0 Å². The molecule has 1 aliphatic rings. The zero-order chi connectivity index (χ0) is 12.4. The molecule has 0 unspecified atom stereocenters. The summed E-state index contributed by atoms with van der Waals surface area (Å²) in [6.45, 7) is 4.71. The lowest BCUT2D eigenvalue weighted by molar-refractivity contribution is 0.0742. The lowest BCUT2D eigenvalue weighted by Gasteiger charge is -2.22. The van der Waals surface area contributed by atoms with E-state index in [0.717, 1.165) is 31.4 Å². The first-order valence-electron chi connectivity index (χ1n) is 6.24. The molecule has 0 aromatic heterocycles. The average molecular weight is 233 g/mol. The first-order chi connectivity index (χ1) is 8.13. The molecule has 1 aromatic rings. The van der Waals surface area contributed by atoms with Gasteiger partial charge in [-0.15, -0.1) is 0 Å². The van der Waals surface area contributed by atoms with Crippen LogP contribution in [-0.4, -0.2) is 28.5 Å². The SMILES string of the molecule is CCCN(C(=O)c1ccc(C)c(O)c1)C1CC1. The second kappa shape index (κ2) is 4.78. The van der Waals surface area contributed by atoms with Gasteiger partial charge in [0.1, 0.15) is 5.75 Å². The van der Waals surface area contributed by atoms with Gasteiger partial charge in [0, 0.05) is 18.2 Å². The smallest absolute Gasteiger partial charge is 0.254 e. The summed E-state index contributed by atoms with van der Waals surface area (Å²) >= 11 is 0. The van der Waals surface area contributed by atoms with E-state index in [1.165, 1.54) is 0 Å². The number of amides is 1. The zero-order valence-electron chi connectivity index (χ0n) is 10.4. The molecule has 1 amide bonds. The van der Waals surface area contributed by atoms with Crippen molar-refractivity contribution in [3.05, 3.63) is 29.3 Å². The van der Waals surface area contributed by atoms with Crippen LogP contribution in [0.1, 0.15) is 42.1 Å². The summed E-state index contributed by atoms with van der Waals surface area (Å²) < 4.78 is 0. The van der Waals surface area contributed by atoms with E-state index in [9.17, 15) is 9.90 Å². The van der Waals surface area contributed by atoms with Gasteiger partial charge in [-0.05, 0) is 43.9 Å². The Labute approximate surface area is 102 Å². The maximum atomic E-state index is 12.3. The Bertz CT molecular complexity index is 424. The third-order valence-corrected chi connectivity index (χ3v) is 3.17. The Morgan fingerprint density at radius 1 is 1.47 bits per heavy atom. The van der Waals surface area contributed by atoms with Gasteiger partial charge in [-0.3, -0.25) is 4.79 Å². The lowest BCUT2D eigenvalue weighted by Crippen LogP contribution is -2.33. The lowest BCUT2D eigenvalue weighted by atomic mass is 10.1. The minimum absolute atomic E-state index is 0.0460. The van der Waals surface area contributed by atoms with E-state index in [0.29, 0.717) is 11.6 Å². The van der Waals surface area contributed by atoms with Gasteiger partial charge < -0.3 is 10.0 Å². The van der Waals surface area contributed by atoms with Gasteiger partial charge in [-0.25, -0.2) is 0 Å². The number of carbonyl (C=O) groups is 1. The van der Waals surface area contributed by atoms with Crippen molar-refractivity contribution in [1.82, 2.24) is 4.90 Å². The highest BCUT2D eigenvalue weighted by atomic mass is 16.3. The number of phenols is 1. The third-order valence-electron chi connectivity index (χ3n) is 3.17.